The number of halogens is 3. The van der Waals surface area contributed by atoms with Crippen molar-refractivity contribution in [3.05, 3.63) is 65.7 Å². The van der Waals surface area contributed by atoms with Gasteiger partial charge in [-0.25, -0.2) is 0 Å². The molecule has 7 heteroatoms. The van der Waals surface area contributed by atoms with Gasteiger partial charge in [0.15, 0.2) is 0 Å². The van der Waals surface area contributed by atoms with E-state index in [9.17, 15) is 18.0 Å². The van der Waals surface area contributed by atoms with Crippen LogP contribution in [0.3, 0.4) is 0 Å². The van der Waals surface area contributed by atoms with Crippen molar-refractivity contribution in [3.63, 3.8) is 0 Å². The zero-order valence-electron chi connectivity index (χ0n) is 14.8. The Morgan fingerprint density at radius 1 is 0.963 bits per heavy atom. The van der Waals surface area contributed by atoms with Crippen LogP contribution < -0.4 is 10.1 Å². The minimum Gasteiger partial charge on any atom is -0.405 e. The van der Waals surface area contributed by atoms with Crippen LogP contribution in [0.2, 0.25) is 0 Å². The Bertz CT molecular complexity index is 705. The van der Waals surface area contributed by atoms with Gasteiger partial charge in [0.05, 0.1) is 6.61 Å². The van der Waals surface area contributed by atoms with Crippen LogP contribution in [0.15, 0.2) is 54.6 Å². The SMILES string of the molecule is O=C(CCCOCCc1ccccc1)NCc1ccccc1OC(F)(F)F. The molecule has 0 fully saturated rings. The van der Waals surface area contributed by atoms with Crippen LogP contribution in [0, 0.1) is 0 Å². The van der Waals surface area contributed by atoms with Gasteiger partial charge in [0, 0.05) is 25.1 Å². The molecule has 0 heterocycles. The van der Waals surface area contributed by atoms with Gasteiger partial charge < -0.3 is 14.8 Å². The highest BCUT2D eigenvalue weighted by Crippen LogP contribution is 2.26. The molecule has 146 valence electrons. The van der Waals surface area contributed by atoms with Gasteiger partial charge >= 0.3 is 6.36 Å². The van der Waals surface area contributed by atoms with Crippen molar-refractivity contribution in [2.24, 2.45) is 0 Å². The predicted octanol–water partition coefficient (Wildman–Crippen LogP) is 4.24. The lowest BCUT2D eigenvalue weighted by Crippen LogP contribution is -2.24. The van der Waals surface area contributed by atoms with Crippen molar-refractivity contribution in [1.82, 2.24) is 5.32 Å². The third-order valence-corrected chi connectivity index (χ3v) is 3.74. The number of carbonyl (C=O) groups excluding carboxylic acids is 1. The normalized spacial score (nSPS) is 11.2. The molecule has 4 nitrogen and oxygen atoms in total. The molecule has 0 bridgehead atoms. The average Bonchev–Trinajstić information content (AvgIpc) is 2.63. The third kappa shape index (κ3) is 8.59. The molecule has 2 aromatic rings. The summed E-state index contributed by atoms with van der Waals surface area (Å²) in [5, 5.41) is 2.60. The molecule has 0 saturated heterocycles. The number of amides is 1. The van der Waals surface area contributed by atoms with E-state index in [1.165, 1.54) is 23.8 Å². The molecule has 2 rings (SSSR count). The highest BCUT2D eigenvalue weighted by atomic mass is 19.4. The smallest absolute Gasteiger partial charge is 0.405 e. The van der Waals surface area contributed by atoms with E-state index >= 15 is 0 Å². The van der Waals surface area contributed by atoms with E-state index in [2.05, 4.69) is 10.1 Å². The Kier molecular flexibility index (Phi) is 8.13. The van der Waals surface area contributed by atoms with Gasteiger partial charge in [-0.1, -0.05) is 48.5 Å². The second kappa shape index (κ2) is 10.6. The zero-order chi connectivity index (χ0) is 19.5. The minimum absolute atomic E-state index is 0.0278. The maximum Gasteiger partial charge on any atom is 0.573 e. The van der Waals surface area contributed by atoms with Gasteiger partial charge in [-0.05, 0) is 24.5 Å². The molecule has 0 saturated carbocycles. The van der Waals surface area contributed by atoms with E-state index in [1.807, 2.05) is 30.3 Å². The summed E-state index contributed by atoms with van der Waals surface area (Å²) in [6, 6.07) is 15.7. The van der Waals surface area contributed by atoms with E-state index in [-0.39, 0.29) is 30.2 Å². The van der Waals surface area contributed by atoms with Crippen LogP contribution in [-0.2, 0) is 22.5 Å². The molecule has 1 N–H and O–H groups in total. The summed E-state index contributed by atoms with van der Waals surface area (Å²) in [6.45, 7) is 1.00. The van der Waals surface area contributed by atoms with E-state index < -0.39 is 6.36 Å². The van der Waals surface area contributed by atoms with E-state index in [0.29, 0.717) is 19.6 Å². The van der Waals surface area contributed by atoms with Crippen molar-refractivity contribution < 1.29 is 27.4 Å². The highest BCUT2D eigenvalue weighted by Gasteiger charge is 2.31. The van der Waals surface area contributed by atoms with Gasteiger partial charge in [0.1, 0.15) is 5.75 Å². The van der Waals surface area contributed by atoms with Crippen LogP contribution >= 0.6 is 0 Å². The summed E-state index contributed by atoms with van der Waals surface area (Å²) in [5.41, 5.74) is 1.46. The molecule has 2 aromatic carbocycles. The summed E-state index contributed by atoms with van der Waals surface area (Å²) in [5.74, 6) is -0.557. The van der Waals surface area contributed by atoms with Crippen molar-refractivity contribution in [2.45, 2.75) is 32.2 Å². The Labute approximate surface area is 156 Å². The van der Waals surface area contributed by atoms with E-state index in [4.69, 9.17) is 4.74 Å². The largest absolute Gasteiger partial charge is 0.573 e. The topological polar surface area (TPSA) is 47.6 Å². The second-order valence-corrected chi connectivity index (χ2v) is 5.88. The molecule has 0 aliphatic rings. The lowest BCUT2D eigenvalue weighted by Gasteiger charge is -2.13. The lowest BCUT2D eigenvalue weighted by atomic mass is 10.2. The van der Waals surface area contributed by atoms with Crippen LogP contribution in [-0.4, -0.2) is 25.5 Å². The molecule has 1 amide bonds. The molecule has 0 aliphatic carbocycles. The first-order valence-corrected chi connectivity index (χ1v) is 8.66. The first kappa shape index (κ1) is 20.8. The number of ether oxygens (including phenoxy) is 2. The van der Waals surface area contributed by atoms with Crippen LogP contribution in [0.5, 0.6) is 5.75 Å². The van der Waals surface area contributed by atoms with Crippen LogP contribution in [0.1, 0.15) is 24.0 Å². The van der Waals surface area contributed by atoms with Crippen molar-refractivity contribution in [3.8, 4) is 5.75 Å². The average molecular weight is 381 g/mol. The van der Waals surface area contributed by atoms with Gasteiger partial charge in [0.2, 0.25) is 5.91 Å². The van der Waals surface area contributed by atoms with Crippen molar-refractivity contribution in [1.29, 1.82) is 0 Å². The Hall–Kier alpha value is -2.54. The number of para-hydroxylation sites is 1. The van der Waals surface area contributed by atoms with Gasteiger partial charge in [-0.2, -0.15) is 0 Å². The molecule has 0 aliphatic heterocycles. The fourth-order valence-electron chi connectivity index (χ4n) is 2.43. The number of hydrogen-bond acceptors (Lipinski definition) is 3. The van der Waals surface area contributed by atoms with Gasteiger partial charge in [-0.3, -0.25) is 4.79 Å². The lowest BCUT2D eigenvalue weighted by molar-refractivity contribution is -0.274. The molecule has 0 unspecified atom stereocenters. The summed E-state index contributed by atoms with van der Waals surface area (Å²) in [4.78, 5) is 11.8. The molecule has 0 aromatic heterocycles. The Morgan fingerprint density at radius 2 is 1.67 bits per heavy atom. The van der Waals surface area contributed by atoms with Gasteiger partial charge in [0.25, 0.3) is 0 Å². The van der Waals surface area contributed by atoms with Crippen LogP contribution in [0.25, 0.3) is 0 Å². The number of hydrogen-bond donors (Lipinski definition) is 1. The number of alkyl halides is 3. The maximum atomic E-state index is 12.4. The molecular formula is C20H22F3NO3. The second-order valence-electron chi connectivity index (χ2n) is 5.88. The zero-order valence-corrected chi connectivity index (χ0v) is 14.8. The minimum atomic E-state index is -4.77. The summed E-state index contributed by atoms with van der Waals surface area (Å²) >= 11 is 0. The fourth-order valence-corrected chi connectivity index (χ4v) is 2.43. The molecule has 0 spiro atoms. The van der Waals surface area contributed by atoms with Crippen molar-refractivity contribution >= 4 is 5.91 Å². The fraction of sp³-hybridized carbons (Fsp3) is 0.350. The van der Waals surface area contributed by atoms with E-state index in [0.717, 1.165) is 6.42 Å². The third-order valence-electron chi connectivity index (χ3n) is 3.74. The van der Waals surface area contributed by atoms with Crippen LogP contribution in [0.4, 0.5) is 13.2 Å². The van der Waals surface area contributed by atoms with Crippen molar-refractivity contribution in [2.75, 3.05) is 13.2 Å². The predicted molar refractivity (Wildman–Crippen MR) is 95.2 cm³/mol. The van der Waals surface area contributed by atoms with Gasteiger partial charge in [-0.15, -0.1) is 13.2 Å². The first-order valence-electron chi connectivity index (χ1n) is 8.66. The number of rotatable bonds is 10. The quantitative estimate of drug-likeness (QED) is 0.626. The van der Waals surface area contributed by atoms with E-state index in [1.54, 1.807) is 6.07 Å². The molecule has 27 heavy (non-hydrogen) atoms. The maximum absolute atomic E-state index is 12.4. The number of benzene rings is 2. The summed E-state index contributed by atoms with van der Waals surface area (Å²) in [7, 11) is 0. The molecule has 0 radical (unpaired) electrons. The Morgan fingerprint density at radius 3 is 2.41 bits per heavy atom. The standard InChI is InChI=1S/C20H22F3NO3/c21-20(22,23)27-18-10-5-4-9-17(18)15-24-19(25)11-6-13-26-14-12-16-7-2-1-3-8-16/h1-5,7-10H,6,11-15H2,(H,24,25). The Balaban J connectivity index is 1.62. The highest BCUT2D eigenvalue weighted by molar-refractivity contribution is 5.75. The first-order chi connectivity index (χ1) is 12.9. The molecule has 0 atom stereocenters. The summed E-state index contributed by atoms with van der Waals surface area (Å²) < 4.78 is 46.6. The number of nitrogens with one attached hydrogen (secondary N) is 1. The summed E-state index contributed by atoms with van der Waals surface area (Å²) in [6.07, 6.45) is -3.17. The monoisotopic (exact) mass is 381 g/mol. The number of carbonyl (C=O) groups is 1. The molecular weight excluding hydrogens is 359 g/mol.